The number of hydrogen-bond acceptors (Lipinski definition) is 3. The Hall–Kier alpha value is -2.65. The molecule has 2 atom stereocenters. The third kappa shape index (κ3) is 3.63. The maximum atomic E-state index is 13.6. The van der Waals surface area contributed by atoms with E-state index >= 15 is 0 Å². The summed E-state index contributed by atoms with van der Waals surface area (Å²) in [6, 6.07) is 4.42. The summed E-state index contributed by atoms with van der Waals surface area (Å²) in [5.74, 6) is 0.301. The van der Waals surface area contributed by atoms with Gasteiger partial charge in [0.1, 0.15) is 18.0 Å². The standard InChI is InChI=1S/C22H24F4N4O2/c23-16-8-11-28(12-16)19(31)17-2-1-3-18-27-29(20(32)30(17)18)13-21(9-10-21)14-4-6-15(7-5-14)22(24,25)26/h4-7,16-17H,1-3,8-13H2/t16-,17-/m0/s1. The average molecular weight is 452 g/mol. The molecule has 1 amide bonds. The molecular formula is C22H24F4N4O2. The number of aryl methyl sites for hydroxylation is 1. The number of carbonyl (C=O) groups is 1. The minimum Gasteiger partial charge on any atom is -0.338 e. The largest absolute Gasteiger partial charge is 0.416 e. The van der Waals surface area contributed by atoms with Gasteiger partial charge in [0.2, 0.25) is 5.91 Å². The van der Waals surface area contributed by atoms with Gasteiger partial charge in [-0.1, -0.05) is 12.1 Å². The van der Waals surface area contributed by atoms with Crippen LogP contribution in [0.1, 0.15) is 55.1 Å². The van der Waals surface area contributed by atoms with Gasteiger partial charge >= 0.3 is 11.9 Å². The molecule has 10 heteroatoms. The Balaban J connectivity index is 1.40. The first-order valence-corrected chi connectivity index (χ1v) is 11.0. The second-order valence-electron chi connectivity index (χ2n) is 9.16. The van der Waals surface area contributed by atoms with E-state index in [1.165, 1.54) is 26.3 Å². The van der Waals surface area contributed by atoms with Crippen molar-refractivity contribution in [3.8, 4) is 0 Å². The van der Waals surface area contributed by atoms with Gasteiger partial charge in [-0.05, 0) is 49.8 Å². The summed E-state index contributed by atoms with van der Waals surface area (Å²) in [7, 11) is 0. The van der Waals surface area contributed by atoms with Crippen molar-refractivity contribution in [2.45, 2.75) is 68.9 Å². The molecule has 3 aliphatic rings. The molecule has 0 unspecified atom stereocenters. The normalized spacial score (nSPS) is 24.4. The number of amides is 1. The molecule has 1 saturated heterocycles. The molecule has 1 aliphatic carbocycles. The van der Waals surface area contributed by atoms with Gasteiger partial charge in [-0.3, -0.25) is 9.36 Å². The second-order valence-corrected chi connectivity index (χ2v) is 9.16. The quantitative estimate of drug-likeness (QED) is 0.670. The third-order valence-corrected chi connectivity index (χ3v) is 6.99. The van der Waals surface area contributed by atoms with Crippen molar-refractivity contribution in [1.82, 2.24) is 19.2 Å². The summed E-state index contributed by atoms with van der Waals surface area (Å²) < 4.78 is 55.0. The Labute approximate surface area is 181 Å². The van der Waals surface area contributed by atoms with Crippen LogP contribution in [0.5, 0.6) is 0 Å². The summed E-state index contributed by atoms with van der Waals surface area (Å²) in [5, 5.41) is 4.47. The number of likely N-dealkylation sites (tertiary alicyclic amines) is 1. The summed E-state index contributed by atoms with van der Waals surface area (Å²) in [6.07, 6.45) is -1.81. The Kier molecular flexibility index (Phi) is 4.94. The van der Waals surface area contributed by atoms with Crippen molar-refractivity contribution >= 4 is 5.91 Å². The predicted octanol–water partition coefficient (Wildman–Crippen LogP) is 3.24. The van der Waals surface area contributed by atoms with Crippen LogP contribution in [0.15, 0.2) is 29.1 Å². The number of nitrogens with zero attached hydrogens (tertiary/aromatic N) is 4. The fourth-order valence-electron chi connectivity index (χ4n) is 4.99. The molecule has 172 valence electrons. The van der Waals surface area contributed by atoms with Crippen LogP contribution in [0.3, 0.4) is 0 Å². The Bertz CT molecular complexity index is 1080. The maximum absolute atomic E-state index is 13.6. The van der Waals surface area contributed by atoms with Gasteiger partial charge in [-0.15, -0.1) is 0 Å². The molecular weight excluding hydrogens is 428 g/mol. The number of aromatic nitrogens is 3. The lowest BCUT2D eigenvalue weighted by Crippen LogP contribution is -2.42. The fourth-order valence-corrected chi connectivity index (χ4v) is 4.99. The van der Waals surface area contributed by atoms with Crippen molar-refractivity contribution in [3.63, 3.8) is 0 Å². The van der Waals surface area contributed by atoms with Gasteiger partial charge < -0.3 is 4.90 Å². The highest BCUT2D eigenvalue weighted by Crippen LogP contribution is 2.49. The highest BCUT2D eigenvalue weighted by atomic mass is 19.4. The maximum Gasteiger partial charge on any atom is 0.416 e. The highest BCUT2D eigenvalue weighted by molar-refractivity contribution is 5.81. The van der Waals surface area contributed by atoms with Gasteiger partial charge in [0, 0.05) is 18.4 Å². The van der Waals surface area contributed by atoms with Crippen LogP contribution >= 0.6 is 0 Å². The SMILES string of the molecule is O=C([C@@H]1CCCc2nn(CC3(c4ccc(C(F)(F)F)cc4)CC3)c(=O)n21)N1CC[C@H](F)C1. The first-order chi connectivity index (χ1) is 15.2. The molecule has 2 fully saturated rings. The van der Waals surface area contributed by atoms with E-state index in [0.29, 0.717) is 38.1 Å². The van der Waals surface area contributed by atoms with E-state index in [2.05, 4.69) is 5.10 Å². The van der Waals surface area contributed by atoms with E-state index in [1.807, 2.05) is 0 Å². The van der Waals surface area contributed by atoms with E-state index in [9.17, 15) is 27.2 Å². The lowest BCUT2D eigenvalue weighted by molar-refractivity contribution is -0.137. The molecule has 0 N–H and O–H groups in total. The van der Waals surface area contributed by atoms with Gasteiger partial charge in [0.15, 0.2) is 0 Å². The van der Waals surface area contributed by atoms with E-state index < -0.39 is 29.4 Å². The Morgan fingerprint density at radius 3 is 2.47 bits per heavy atom. The molecule has 3 heterocycles. The fraction of sp³-hybridized carbons (Fsp3) is 0.591. The molecule has 1 saturated carbocycles. The number of halogens is 4. The first kappa shape index (κ1) is 21.2. The van der Waals surface area contributed by atoms with Crippen molar-refractivity contribution < 1.29 is 22.4 Å². The summed E-state index contributed by atoms with van der Waals surface area (Å²) in [5.41, 5.74) is -0.756. The molecule has 6 nitrogen and oxygen atoms in total. The topological polar surface area (TPSA) is 60.1 Å². The molecule has 0 spiro atoms. The molecule has 2 aliphatic heterocycles. The Morgan fingerprint density at radius 2 is 1.88 bits per heavy atom. The predicted molar refractivity (Wildman–Crippen MR) is 107 cm³/mol. The molecule has 32 heavy (non-hydrogen) atoms. The second kappa shape index (κ2) is 7.45. The number of alkyl halides is 4. The summed E-state index contributed by atoms with van der Waals surface area (Å²) >= 11 is 0. The van der Waals surface area contributed by atoms with Crippen molar-refractivity contribution in [1.29, 1.82) is 0 Å². The number of benzene rings is 1. The Morgan fingerprint density at radius 1 is 1.16 bits per heavy atom. The summed E-state index contributed by atoms with van der Waals surface area (Å²) in [6.45, 7) is 0.671. The van der Waals surface area contributed by atoms with Crippen molar-refractivity contribution in [2.24, 2.45) is 0 Å². The highest BCUT2D eigenvalue weighted by Gasteiger charge is 2.46. The van der Waals surface area contributed by atoms with Crippen LogP contribution < -0.4 is 5.69 Å². The number of hydrogen-bond donors (Lipinski definition) is 0. The summed E-state index contributed by atoms with van der Waals surface area (Å²) in [4.78, 5) is 27.7. The van der Waals surface area contributed by atoms with Crippen LogP contribution in [0, 0.1) is 0 Å². The average Bonchev–Trinajstić information content (AvgIpc) is 3.31. The van der Waals surface area contributed by atoms with Crippen LogP contribution in [-0.2, 0) is 29.4 Å². The van der Waals surface area contributed by atoms with E-state index in [4.69, 9.17) is 0 Å². The number of rotatable bonds is 4. The molecule has 2 aromatic rings. The monoisotopic (exact) mass is 452 g/mol. The molecule has 1 aromatic carbocycles. The van der Waals surface area contributed by atoms with E-state index in [-0.39, 0.29) is 24.7 Å². The van der Waals surface area contributed by atoms with Crippen molar-refractivity contribution in [3.05, 3.63) is 51.7 Å². The number of fused-ring (bicyclic) bond motifs is 1. The minimum absolute atomic E-state index is 0.0601. The zero-order valence-electron chi connectivity index (χ0n) is 17.4. The lowest BCUT2D eigenvalue weighted by atomic mass is 9.95. The van der Waals surface area contributed by atoms with Crippen LogP contribution in [0.4, 0.5) is 17.6 Å². The molecule has 0 bridgehead atoms. The van der Waals surface area contributed by atoms with E-state index in [0.717, 1.165) is 30.5 Å². The van der Waals surface area contributed by atoms with Crippen LogP contribution in [0.2, 0.25) is 0 Å². The molecule has 1 aromatic heterocycles. The zero-order valence-corrected chi connectivity index (χ0v) is 17.4. The van der Waals surface area contributed by atoms with E-state index in [1.54, 1.807) is 0 Å². The van der Waals surface area contributed by atoms with Crippen LogP contribution in [0.25, 0.3) is 0 Å². The van der Waals surface area contributed by atoms with Crippen molar-refractivity contribution in [2.75, 3.05) is 13.1 Å². The molecule has 0 radical (unpaired) electrons. The minimum atomic E-state index is -4.39. The smallest absolute Gasteiger partial charge is 0.338 e. The zero-order chi connectivity index (χ0) is 22.7. The van der Waals surface area contributed by atoms with Gasteiger partial charge in [0.05, 0.1) is 18.7 Å². The third-order valence-electron chi connectivity index (χ3n) is 6.99. The van der Waals surface area contributed by atoms with Gasteiger partial charge in [-0.25, -0.2) is 13.9 Å². The first-order valence-electron chi connectivity index (χ1n) is 11.0. The lowest BCUT2D eigenvalue weighted by Gasteiger charge is -2.27. The number of carbonyl (C=O) groups excluding carboxylic acids is 1. The van der Waals surface area contributed by atoms with Gasteiger partial charge in [-0.2, -0.15) is 18.3 Å². The van der Waals surface area contributed by atoms with Crippen LogP contribution in [-0.4, -0.2) is 44.4 Å². The van der Waals surface area contributed by atoms with Gasteiger partial charge in [0.25, 0.3) is 0 Å². The molecule has 5 rings (SSSR count).